The monoisotopic (exact) mass is 429 g/mol. The fourth-order valence-electron chi connectivity index (χ4n) is 3.34. The van der Waals surface area contributed by atoms with E-state index in [0.29, 0.717) is 39.1 Å². The lowest BCUT2D eigenvalue weighted by atomic mass is 10.0. The highest BCUT2D eigenvalue weighted by Crippen LogP contribution is 2.26. The fraction of sp³-hybridized carbons (Fsp3) is 0.0800. The number of fused-ring (bicyclic) bond motifs is 1. The Bertz CT molecular complexity index is 1290. The second-order valence-corrected chi connectivity index (χ2v) is 7.11. The molecule has 1 N–H and O–H groups in total. The van der Waals surface area contributed by atoms with Gasteiger partial charge in [-0.05, 0) is 60.7 Å². The minimum Gasteiger partial charge on any atom is -0.452 e. The highest BCUT2D eigenvalue weighted by Gasteiger charge is 2.15. The Kier molecular flexibility index (Phi) is 5.81. The second kappa shape index (κ2) is 8.85. The van der Waals surface area contributed by atoms with E-state index in [2.05, 4.69) is 10.3 Å². The van der Waals surface area contributed by atoms with E-state index in [4.69, 9.17) is 4.74 Å². The van der Waals surface area contributed by atoms with Crippen LogP contribution in [0.1, 0.15) is 10.4 Å². The van der Waals surface area contributed by atoms with Gasteiger partial charge < -0.3 is 10.1 Å². The van der Waals surface area contributed by atoms with Crippen molar-refractivity contribution in [1.82, 2.24) is 4.98 Å². The first kappa shape index (κ1) is 21.0. The number of aromatic nitrogens is 1. The summed E-state index contributed by atoms with van der Waals surface area (Å²) in [6.07, 6.45) is -0.488. The van der Waals surface area contributed by atoms with Crippen molar-refractivity contribution in [2.45, 2.75) is 0 Å². The van der Waals surface area contributed by atoms with E-state index in [1.807, 2.05) is 24.3 Å². The molecule has 0 atom stereocenters. The summed E-state index contributed by atoms with van der Waals surface area (Å²) < 4.78 is 18.0. The van der Waals surface area contributed by atoms with Crippen molar-refractivity contribution in [1.29, 1.82) is 0 Å². The summed E-state index contributed by atoms with van der Waals surface area (Å²) in [5, 5.41) is 3.59. The Morgan fingerprint density at radius 2 is 1.66 bits per heavy atom. The molecule has 1 aromatic heterocycles. The van der Waals surface area contributed by atoms with Crippen LogP contribution in [0.15, 0.2) is 78.9 Å². The van der Waals surface area contributed by atoms with Crippen LogP contribution in [0.4, 0.5) is 20.6 Å². The normalized spacial score (nSPS) is 10.6. The zero-order valence-electron chi connectivity index (χ0n) is 17.5. The first-order chi connectivity index (χ1) is 15.5. The maximum atomic E-state index is 13.3. The predicted octanol–water partition coefficient (Wildman–Crippen LogP) is 5.50. The van der Waals surface area contributed by atoms with Crippen LogP contribution in [0.3, 0.4) is 0 Å². The third-order valence-electron chi connectivity index (χ3n) is 5.06. The molecular formula is C25H20FN3O3. The number of rotatable bonds is 4. The Morgan fingerprint density at radius 3 is 2.34 bits per heavy atom. The average Bonchev–Trinajstić information content (AvgIpc) is 2.83. The number of pyridine rings is 1. The Balaban J connectivity index is 1.66. The van der Waals surface area contributed by atoms with Gasteiger partial charge in [0, 0.05) is 29.4 Å². The number of hydrogen-bond donors (Lipinski definition) is 1. The molecule has 0 radical (unpaired) electrons. The molecule has 0 bridgehead atoms. The molecular weight excluding hydrogens is 409 g/mol. The van der Waals surface area contributed by atoms with E-state index in [0.717, 1.165) is 0 Å². The molecule has 160 valence electrons. The van der Waals surface area contributed by atoms with E-state index in [1.165, 1.54) is 24.1 Å². The maximum Gasteiger partial charge on any atom is 0.413 e. The molecule has 1 heterocycles. The second-order valence-electron chi connectivity index (χ2n) is 7.11. The van der Waals surface area contributed by atoms with Crippen LogP contribution < -0.4 is 10.2 Å². The van der Waals surface area contributed by atoms with Gasteiger partial charge >= 0.3 is 6.09 Å². The molecule has 0 spiro atoms. The van der Waals surface area contributed by atoms with Gasteiger partial charge in [-0.3, -0.25) is 9.69 Å². The fourth-order valence-corrected chi connectivity index (χ4v) is 3.34. The lowest BCUT2D eigenvalue weighted by molar-refractivity contribution is 0.102. The SMILES string of the molecule is COC(=O)N(C)c1ccc(NC(=O)c2cc(-c3ccc(F)cc3)nc3ccccc23)cc1. The minimum atomic E-state index is -0.488. The van der Waals surface area contributed by atoms with Crippen molar-refractivity contribution in [3.8, 4) is 11.3 Å². The number of nitrogens with one attached hydrogen (secondary N) is 1. The molecule has 0 aliphatic heterocycles. The Morgan fingerprint density at radius 1 is 0.969 bits per heavy atom. The molecule has 6 nitrogen and oxygen atoms in total. The predicted molar refractivity (Wildman–Crippen MR) is 122 cm³/mol. The van der Waals surface area contributed by atoms with Crippen molar-refractivity contribution in [2.24, 2.45) is 0 Å². The number of amides is 2. The van der Waals surface area contributed by atoms with Gasteiger partial charge in [0.1, 0.15) is 5.82 Å². The number of carbonyl (C=O) groups is 2. The maximum absolute atomic E-state index is 13.3. The third-order valence-corrected chi connectivity index (χ3v) is 5.06. The Labute approximate surface area is 184 Å². The molecule has 0 saturated heterocycles. The molecule has 4 rings (SSSR count). The highest BCUT2D eigenvalue weighted by molar-refractivity contribution is 6.13. The number of halogens is 1. The molecule has 3 aromatic carbocycles. The number of ether oxygens (including phenoxy) is 1. The van der Waals surface area contributed by atoms with Gasteiger partial charge in [0.15, 0.2) is 0 Å². The van der Waals surface area contributed by atoms with Gasteiger partial charge in [0.05, 0.1) is 23.9 Å². The molecule has 0 aliphatic carbocycles. The topological polar surface area (TPSA) is 71.5 Å². The van der Waals surface area contributed by atoms with Crippen molar-refractivity contribution in [3.05, 3.63) is 90.2 Å². The standard InChI is InChI=1S/C25H20FN3O3/c1-29(25(31)32-2)19-13-11-18(12-14-19)27-24(30)21-15-23(16-7-9-17(26)10-8-16)28-22-6-4-3-5-20(21)22/h3-15H,1-2H3,(H,27,30). The summed E-state index contributed by atoms with van der Waals surface area (Å²) in [6, 6.07) is 21.9. The summed E-state index contributed by atoms with van der Waals surface area (Å²) in [7, 11) is 2.91. The largest absolute Gasteiger partial charge is 0.452 e. The van der Waals surface area contributed by atoms with E-state index in [9.17, 15) is 14.0 Å². The molecule has 0 saturated carbocycles. The van der Waals surface area contributed by atoms with Gasteiger partial charge in [-0.2, -0.15) is 0 Å². The summed E-state index contributed by atoms with van der Waals surface area (Å²) in [6.45, 7) is 0. The van der Waals surface area contributed by atoms with Crippen LogP contribution in [-0.4, -0.2) is 31.1 Å². The van der Waals surface area contributed by atoms with Crippen molar-refractivity contribution < 1.29 is 18.7 Å². The first-order valence-corrected chi connectivity index (χ1v) is 9.85. The van der Waals surface area contributed by atoms with Crippen molar-refractivity contribution in [3.63, 3.8) is 0 Å². The van der Waals surface area contributed by atoms with Gasteiger partial charge in [0.2, 0.25) is 0 Å². The summed E-state index contributed by atoms with van der Waals surface area (Å²) in [5.74, 6) is -0.644. The number of anilines is 2. The number of carbonyl (C=O) groups excluding carboxylic acids is 2. The smallest absolute Gasteiger partial charge is 0.413 e. The van der Waals surface area contributed by atoms with Crippen molar-refractivity contribution in [2.75, 3.05) is 24.4 Å². The van der Waals surface area contributed by atoms with E-state index < -0.39 is 6.09 Å². The van der Waals surface area contributed by atoms with Crippen LogP contribution in [0.5, 0.6) is 0 Å². The van der Waals surface area contributed by atoms with Crippen LogP contribution in [0, 0.1) is 5.82 Å². The van der Waals surface area contributed by atoms with Crippen LogP contribution in [0.25, 0.3) is 22.2 Å². The van der Waals surface area contributed by atoms with E-state index >= 15 is 0 Å². The molecule has 0 unspecified atom stereocenters. The third kappa shape index (κ3) is 4.27. The molecule has 32 heavy (non-hydrogen) atoms. The summed E-state index contributed by atoms with van der Waals surface area (Å²) in [4.78, 5) is 30.8. The number of para-hydroxylation sites is 1. The number of methoxy groups -OCH3 is 1. The number of nitrogens with zero attached hydrogens (tertiary/aromatic N) is 2. The number of hydrogen-bond acceptors (Lipinski definition) is 4. The van der Waals surface area contributed by atoms with Crippen LogP contribution >= 0.6 is 0 Å². The number of benzene rings is 3. The average molecular weight is 429 g/mol. The molecule has 4 aromatic rings. The molecule has 0 fully saturated rings. The quantitative estimate of drug-likeness (QED) is 0.465. The van der Waals surface area contributed by atoms with Crippen molar-refractivity contribution >= 4 is 34.3 Å². The van der Waals surface area contributed by atoms with Gasteiger partial charge in [-0.25, -0.2) is 14.2 Å². The highest BCUT2D eigenvalue weighted by atomic mass is 19.1. The Hall–Kier alpha value is -4.26. The van der Waals surface area contributed by atoms with Gasteiger partial charge in [-0.15, -0.1) is 0 Å². The molecule has 0 aliphatic rings. The van der Waals surface area contributed by atoms with Crippen LogP contribution in [-0.2, 0) is 4.74 Å². The lowest BCUT2D eigenvalue weighted by Crippen LogP contribution is -2.25. The minimum absolute atomic E-state index is 0.305. The first-order valence-electron chi connectivity index (χ1n) is 9.85. The van der Waals surface area contributed by atoms with Crippen LogP contribution in [0.2, 0.25) is 0 Å². The van der Waals surface area contributed by atoms with E-state index in [1.54, 1.807) is 49.5 Å². The summed E-state index contributed by atoms with van der Waals surface area (Å²) >= 11 is 0. The van der Waals surface area contributed by atoms with E-state index in [-0.39, 0.29) is 11.7 Å². The zero-order valence-corrected chi connectivity index (χ0v) is 17.5. The lowest BCUT2D eigenvalue weighted by Gasteiger charge is -2.16. The van der Waals surface area contributed by atoms with Gasteiger partial charge in [0.25, 0.3) is 5.91 Å². The molecule has 2 amide bonds. The zero-order chi connectivity index (χ0) is 22.7. The summed E-state index contributed by atoms with van der Waals surface area (Å²) in [5.41, 5.74) is 3.59. The van der Waals surface area contributed by atoms with Gasteiger partial charge in [-0.1, -0.05) is 18.2 Å². The molecule has 7 heteroatoms.